The molecule has 0 aliphatic carbocycles. The number of rotatable bonds is 5. The largest absolute Gasteiger partial charge is 0.350 e. The Bertz CT molecular complexity index is 915. The van der Waals surface area contributed by atoms with E-state index in [0.29, 0.717) is 6.04 Å². The van der Waals surface area contributed by atoms with Gasteiger partial charge in [-0.25, -0.2) is 4.98 Å². The highest BCUT2D eigenvalue weighted by Gasteiger charge is 2.24. The van der Waals surface area contributed by atoms with Crippen LogP contribution in [0.4, 0.5) is 0 Å². The summed E-state index contributed by atoms with van der Waals surface area (Å²) in [6, 6.07) is 10.6. The van der Waals surface area contributed by atoms with Crippen molar-refractivity contribution in [2.75, 3.05) is 19.6 Å². The highest BCUT2D eigenvalue weighted by atomic mass is 32.1. The van der Waals surface area contributed by atoms with Gasteiger partial charge in [-0.05, 0) is 32.9 Å². The molecule has 0 bridgehead atoms. The number of hydrogen-bond donors (Lipinski definition) is 1. The van der Waals surface area contributed by atoms with Crippen LogP contribution in [0.5, 0.6) is 0 Å². The molecule has 3 heterocycles. The highest BCUT2D eigenvalue weighted by molar-refractivity contribution is 7.19. The molecule has 1 N–H and O–H groups in total. The van der Waals surface area contributed by atoms with Crippen molar-refractivity contribution in [1.29, 1.82) is 0 Å². The van der Waals surface area contributed by atoms with Crippen molar-refractivity contribution in [1.82, 2.24) is 19.6 Å². The molecule has 1 atom stereocenters. The molecule has 0 spiro atoms. The Kier molecular flexibility index (Phi) is 4.78. The van der Waals surface area contributed by atoms with Crippen LogP contribution in [0.25, 0.3) is 16.2 Å². The maximum Gasteiger partial charge on any atom is 0.263 e. The fourth-order valence-corrected chi connectivity index (χ4v) is 4.77. The van der Waals surface area contributed by atoms with E-state index in [0.717, 1.165) is 46.4 Å². The van der Waals surface area contributed by atoms with Crippen LogP contribution >= 0.6 is 11.3 Å². The first-order chi connectivity index (χ1) is 12.7. The Morgan fingerprint density at radius 2 is 2.15 bits per heavy atom. The van der Waals surface area contributed by atoms with E-state index in [1.54, 1.807) is 0 Å². The zero-order valence-electron chi connectivity index (χ0n) is 15.2. The fraction of sp³-hybridized carbons (Fsp3) is 0.400. The number of imidazole rings is 1. The van der Waals surface area contributed by atoms with Gasteiger partial charge in [0.25, 0.3) is 5.91 Å². The molecule has 4 rings (SSSR count). The molecule has 0 radical (unpaired) electrons. The molecule has 136 valence electrons. The number of hydrogen-bond acceptors (Lipinski definition) is 4. The highest BCUT2D eigenvalue weighted by Crippen LogP contribution is 2.27. The van der Waals surface area contributed by atoms with Gasteiger partial charge >= 0.3 is 0 Å². The van der Waals surface area contributed by atoms with E-state index in [2.05, 4.69) is 29.3 Å². The summed E-state index contributed by atoms with van der Waals surface area (Å²) in [5.41, 5.74) is 2.99. The second-order valence-corrected chi connectivity index (χ2v) is 7.77. The predicted octanol–water partition coefficient (Wildman–Crippen LogP) is 3.59. The van der Waals surface area contributed by atoms with E-state index in [1.807, 2.05) is 35.7 Å². The number of likely N-dealkylation sites (tertiary alicyclic amines) is 1. The number of aryl methyl sites for hydroxylation is 1. The molecule has 1 aliphatic heterocycles. The summed E-state index contributed by atoms with van der Waals surface area (Å²) in [6.45, 7) is 7.09. The molecule has 1 unspecified atom stereocenters. The summed E-state index contributed by atoms with van der Waals surface area (Å²) in [4.78, 5) is 21.4. The van der Waals surface area contributed by atoms with Gasteiger partial charge in [0.15, 0.2) is 4.96 Å². The lowest BCUT2D eigenvalue weighted by atomic mass is 10.2. The van der Waals surface area contributed by atoms with Crippen molar-refractivity contribution in [2.24, 2.45) is 0 Å². The van der Waals surface area contributed by atoms with Gasteiger partial charge in [0, 0.05) is 30.0 Å². The molecule has 1 aliphatic rings. The van der Waals surface area contributed by atoms with Crippen LogP contribution < -0.4 is 5.32 Å². The molecule has 1 aromatic carbocycles. The molecule has 3 aromatic rings. The number of amides is 1. The van der Waals surface area contributed by atoms with Crippen LogP contribution in [0.1, 0.15) is 35.1 Å². The molecule has 1 amide bonds. The SMILES string of the molecule is CCN1CCCC1CNC(=O)c1sc2nc(-c3ccccc3)cn2c1C. The van der Waals surface area contributed by atoms with E-state index < -0.39 is 0 Å². The van der Waals surface area contributed by atoms with Gasteiger partial charge in [0.2, 0.25) is 0 Å². The topological polar surface area (TPSA) is 49.6 Å². The average Bonchev–Trinajstić information content (AvgIpc) is 3.36. The maximum absolute atomic E-state index is 12.7. The summed E-state index contributed by atoms with van der Waals surface area (Å²) >= 11 is 1.46. The smallest absolute Gasteiger partial charge is 0.263 e. The summed E-state index contributed by atoms with van der Waals surface area (Å²) in [5.74, 6) is 0.0159. The summed E-state index contributed by atoms with van der Waals surface area (Å²) in [6.07, 6.45) is 4.41. The minimum absolute atomic E-state index is 0.0159. The van der Waals surface area contributed by atoms with Gasteiger partial charge in [-0.1, -0.05) is 48.6 Å². The molecule has 26 heavy (non-hydrogen) atoms. The fourth-order valence-electron chi connectivity index (χ4n) is 3.74. The number of nitrogens with one attached hydrogen (secondary N) is 1. The molecule has 1 saturated heterocycles. The van der Waals surface area contributed by atoms with Crippen LogP contribution in [0, 0.1) is 6.92 Å². The zero-order valence-corrected chi connectivity index (χ0v) is 16.1. The third-order valence-corrected chi connectivity index (χ3v) is 6.39. The first kappa shape index (κ1) is 17.2. The Balaban J connectivity index is 1.51. The number of fused-ring (bicyclic) bond motifs is 1. The minimum atomic E-state index is 0.0159. The van der Waals surface area contributed by atoms with Crippen molar-refractivity contribution < 1.29 is 4.79 Å². The van der Waals surface area contributed by atoms with Gasteiger partial charge in [0.05, 0.1) is 5.69 Å². The lowest BCUT2D eigenvalue weighted by Gasteiger charge is -2.22. The lowest BCUT2D eigenvalue weighted by Crippen LogP contribution is -2.40. The Labute approximate surface area is 157 Å². The number of likely N-dealkylation sites (N-methyl/N-ethyl adjacent to an activating group) is 1. The molecule has 6 heteroatoms. The normalized spacial score (nSPS) is 17.8. The molecule has 2 aromatic heterocycles. The van der Waals surface area contributed by atoms with Crippen LogP contribution in [0.2, 0.25) is 0 Å². The van der Waals surface area contributed by atoms with Crippen LogP contribution in [0.3, 0.4) is 0 Å². The Morgan fingerprint density at radius 3 is 2.88 bits per heavy atom. The maximum atomic E-state index is 12.7. The third-order valence-electron chi connectivity index (χ3n) is 5.24. The van der Waals surface area contributed by atoms with Crippen molar-refractivity contribution in [3.63, 3.8) is 0 Å². The van der Waals surface area contributed by atoms with Crippen molar-refractivity contribution in [2.45, 2.75) is 32.7 Å². The standard InChI is InChI=1S/C20H24N4OS/c1-3-23-11-7-10-16(23)12-21-19(25)18-14(2)24-13-17(22-20(24)26-18)15-8-5-4-6-9-15/h4-6,8-9,13,16H,3,7,10-12H2,1-2H3,(H,21,25). The van der Waals surface area contributed by atoms with Crippen molar-refractivity contribution in [3.05, 3.63) is 47.1 Å². The molecule has 1 fully saturated rings. The first-order valence-electron chi connectivity index (χ1n) is 9.23. The Morgan fingerprint density at radius 1 is 1.35 bits per heavy atom. The van der Waals surface area contributed by atoms with Gasteiger partial charge in [0.1, 0.15) is 4.88 Å². The van der Waals surface area contributed by atoms with E-state index >= 15 is 0 Å². The second kappa shape index (κ2) is 7.21. The van der Waals surface area contributed by atoms with E-state index in [-0.39, 0.29) is 5.91 Å². The van der Waals surface area contributed by atoms with Crippen LogP contribution in [-0.4, -0.2) is 45.9 Å². The second-order valence-electron chi connectivity index (χ2n) is 6.80. The average molecular weight is 369 g/mol. The number of nitrogens with zero attached hydrogens (tertiary/aromatic N) is 3. The zero-order chi connectivity index (χ0) is 18.1. The van der Waals surface area contributed by atoms with E-state index in [1.165, 1.54) is 24.2 Å². The van der Waals surface area contributed by atoms with Crippen molar-refractivity contribution >= 4 is 22.2 Å². The third kappa shape index (κ3) is 3.15. The number of thiazole rings is 1. The minimum Gasteiger partial charge on any atom is -0.350 e. The monoisotopic (exact) mass is 368 g/mol. The summed E-state index contributed by atoms with van der Waals surface area (Å²) < 4.78 is 2.02. The number of benzene rings is 1. The number of carbonyl (C=O) groups is 1. The predicted molar refractivity (Wildman–Crippen MR) is 106 cm³/mol. The first-order valence-corrected chi connectivity index (χ1v) is 10.0. The summed E-state index contributed by atoms with van der Waals surface area (Å²) in [7, 11) is 0. The molecular formula is C20H24N4OS. The van der Waals surface area contributed by atoms with E-state index in [4.69, 9.17) is 4.98 Å². The van der Waals surface area contributed by atoms with Gasteiger partial charge < -0.3 is 5.32 Å². The van der Waals surface area contributed by atoms with Gasteiger partial charge in [-0.15, -0.1) is 0 Å². The number of aromatic nitrogens is 2. The number of carbonyl (C=O) groups excluding carboxylic acids is 1. The van der Waals surface area contributed by atoms with Gasteiger partial charge in [-0.3, -0.25) is 14.1 Å². The van der Waals surface area contributed by atoms with Crippen LogP contribution in [0.15, 0.2) is 36.5 Å². The Hall–Kier alpha value is -2.18. The van der Waals surface area contributed by atoms with Crippen LogP contribution in [-0.2, 0) is 0 Å². The lowest BCUT2D eigenvalue weighted by molar-refractivity contribution is 0.0944. The van der Waals surface area contributed by atoms with Crippen molar-refractivity contribution in [3.8, 4) is 11.3 Å². The molecular weight excluding hydrogens is 344 g/mol. The molecule has 0 saturated carbocycles. The van der Waals surface area contributed by atoms with Gasteiger partial charge in [-0.2, -0.15) is 0 Å². The summed E-state index contributed by atoms with van der Waals surface area (Å²) in [5, 5.41) is 3.13. The molecule has 5 nitrogen and oxygen atoms in total. The quantitative estimate of drug-likeness (QED) is 0.749. The van der Waals surface area contributed by atoms with E-state index in [9.17, 15) is 4.79 Å².